The third-order valence-corrected chi connectivity index (χ3v) is 3.66. The molecule has 0 atom stereocenters. The molecule has 19 heavy (non-hydrogen) atoms. The highest BCUT2D eigenvalue weighted by molar-refractivity contribution is 9.10. The third kappa shape index (κ3) is 5.91. The lowest BCUT2D eigenvalue weighted by Gasteiger charge is -2.10. The maximum absolute atomic E-state index is 13.4. The van der Waals surface area contributed by atoms with Crippen LogP contribution < -0.4 is 10.1 Å². The van der Waals surface area contributed by atoms with Crippen LogP contribution in [0.25, 0.3) is 0 Å². The molecule has 4 heteroatoms. The topological polar surface area (TPSA) is 21.3 Å². The van der Waals surface area contributed by atoms with E-state index in [9.17, 15) is 4.39 Å². The predicted octanol–water partition coefficient (Wildman–Crippen LogP) is 4.31. The van der Waals surface area contributed by atoms with Crippen LogP contribution in [0.3, 0.4) is 0 Å². The number of nitrogens with one attached hydrogen (secondary N) is 1. The van der Waals surface area contributed by atoms with E-state index in [0.717, 1.165) is 31.5 Å². The summed E-state index contributed by atoms with van der Waals surface area (Å²) in [7, 11) is 1.58. The van der Waals surface area contributed by atoms with Crippen molar-refractivity contribution in [2.75, 3.05) is 20.2 Å². The number of aryl methyl sites for hydroxylation is 1. The molecule has 108 valence electrons. The fourth-order valence-corrected chi connectivity index (χ4v) is 2.39. The molecule has 0 fully saturated rings. The van der Waals surface area contributed by atoms with E-state index in [0.29, 0.717) is 10.2 Å². The van der Waals surface area contributed by atoms with Gasteiger partial charge in [-0.3, -0.25) is 0 Å². The first-order chi connectivity index (χ1) is 9.19. The van der Waals surface area contributed by atoms with Crippen LogP contribution in [0, 0.1) is 5.82 Å². The molecule has 0 radical (unpaired) electrons. The number of hydrogen-bond acceptors (Lipinski definition) is 2. The standard InChI is InChI=1S/C15H23BrFNO/c1-3-8-18-9-6-4-5-7-12-10-13(16)14(17)11-15(12)19-2/h10-11,18H,3-9H2,1-2H3. The second-order valence-electron chi connectivity index (χ2n) is 4.64. The van der Waals surface area contributed by atoms with Crippen molar-refractivity contribution < 1.29 is 9.13 Å². The van der Waals surface area contributed by atoms with Crippen molar-refractivity contribution in [2.24, 2.45) is 0 Å². The number of benzene rings is 1. The minimum atomic E-state index is -0.274. The SMILES string of the molecule is CCCNCCCCCc1cc(Br)c(F)cc1OC. The maximum Gasteiger partial charge on any atom is 0.141 e. The molecule has 1 rings (SSSR count). The maximum atomic E-state index is 13.4. The quantitative estimate of drug-likeness (QED) is 0.681. The van der Waals surface area contributed by atoms with Gasteiger partial charge in [0, 0.05) is 6.07 Å². The van der Waals surface area contributed by atoms with E-state index in [4.69, 9.17) is 4.74 Å². The smallest absolute Gasteiger partial charge is 0.141 e. The van der Waals surface area contributed by atoms with Crippen LogP contribution in [-0.2, 0) is 6.42 Å². The molecule has 0 spiro atoms. The van der Waals surface area contributed by atoms with E-state index in [1.165, 1.54) is 25.3 Å². The second kappa shape index (κ2) is 9.32. The van der Waals surface area contributed by atoms with Gasteiger partial charge in [-0.05, 0) is 66.3 Å². The molecule has 0 bridgehead atoms. The summed E-state index contributed by atoms with van der Waals surface area (Å²) in [6.07, 6.45) is 5.57. The monoisotopic (exact) mass is 331 g/mol. The Balaban J connectivity index is 2.34. The minimum Gasteiger partial charge on any atom is -0.496 e. The lowest BCUT2D eigenvalue weighted by atomic mass is 10.1. The van der Waals surface area contributed by atoms with Gasteiger partial charge in [0.2, 0.25) is 0 Å². The van der Waals surface area contributed by atoms with Gasteiger partial charge in [-0.25, -0.2) is 4.39 Å². The number of hydrogen-bond donors (Lipinski definition) is 1. The van der Waals surface area contributed by atoms with E-state index >= 15 is 0 Å². The molecule has 0 aliphatic carbocycles. The zero-order valence-corrected chi connectivity index (χ0v) is 13.4. The fourth-order valence-electron chi connectivity index (χ4n) is 2.00. The number of halogens is 2. The van der Waals surface area contributed by atoms with Crippen LogP contribution in [0.15, 0.2) is 16.6 Å². The van der Waals surface area contributed by atoms with Crippen molar-refractivity contribution in [3.8, 4) is 5.75 Å². The average molecular weight is 332 g/mol. The Labute approximate surface area is 123 Å². The fraction of sp³-hybridized carbons (Fsp3) is 0.600. The molecule has 1 N–H and O–H groups in total. The first kappa shape index (κ1) is 16.4. The molecule has 1 aromatic carbocycles. The first-order valence-electron chi connectivity index (χ1n) is 6.91. The summed E-state index contributed by atoms with van der Waals surface area (Å²) in [4.78, 5) is 0. The summed E-state index contributed by atoms with van der Waals surface area (Å²) in [5.41, 5.74) is 1.07. The Bertz CT molecular complexity index is 385. The van der Waals surface area contributed by atoms with E-state index in [-0.39, 0.29) is 5.82 Å². The van der Waals surface area contributed by atoms with Gasteiger partial charge in [0.15, 0.2) is 0 Å². The third-order valence-electron chi connectivity index (χ3n) is 3.05. The van der Waals surface area contributed by atoms with E-state index in [2.05, 4.69) is 28.2 Å². The van der Waals surface area contributed by atoms with Crippen molar-refractivity contribution in [3.05, 3.63) is 28.0 Å². The van der Waals surface area contributed by atoms with Gasteiger partial charge >= 0.3 is 0 Å². The van der Waals surface area contributed by atoms with Gasteiger partial charge in [-0.15, -0.1) is 0 Å². The minimum absolute atomic E-state index is 0.274. The van der Waals surface area contributed by atoms with Crippen molar-refractivity contribution in [1.82, 2.24) is 5.32 Å². The predicted molar refractivity (Wildman–Crippen MR) is 81.4 cm³/mol. The highest BCUT2D eigenvalue weighted by Gasteiger charge is 2.08. The summed E-state index contributed by atoms with van der Waals surface area (Å²) in [6.45, 7) is 4.35. The lowest BCUT2D eigenvalue weighted by Crippen LogP contribution is -2.15. The van der Waals surface area contributed by atoms with Gasteiger partial charge in [0.25, 0.3) is 0 Å². The van der Waals surface area contributed by atoms with Gasteiger partial charge in [-0.2, -0.15) is 0 Å². The Morgan fingerprint density at radius 1 is 1.21 bits per heavy atom. The van der Waals surface area contributed by atoms with Gasteiger partial charge in [0.05, 0.1) is 11.6 Å². The highest BCUT2D eigenvalue weighted by Crippen LogP contribution is 2.27. The van der Waals surface area contributed by atoms with Crippen molar-refractivity contribution >= 4 is 15.9 Å². The molecular formula is C15H23BrFNO. The summed E-state index contributed by atoms with van der Waals surface area (Å²) < 4.78 is 19.1. The van der Waals surface area contributed by atoms with Crippen LogP contribution in [0.2, 0.25) is 0 Å². The molecule has 2 nitrogen and oxygen atoms in total. The van der Waals surface area contributed by atoms with Crippen molar-refractivity contribution in [1.29, 1.82) is 0 Å². The highest BCUT2D eigenvalue weighted by atomic mass is 79.9. The molecular weight excluding hydrogens is 309 g/mol. The summed E-state index contributed by atoms with van der Waals surface area (Å²) in [5, 5.41) is 3.39. The zero-order valence-electron chi connectivity index (χ0n) is 11.8. The van der Waals surface area contributed by atoms with Crippen molar-refractivity contribution in [3.63, 3.8) is 0 Å². The number of unbranched alkanes of at least 4 members (excludes halogenated alkanes) is 2. The first-order valence-corrected chi connectivity index (χ1v) is 7.71. The van der Waals surface area contributed by atoms with Gasteiger partial charge in [-0.1, -0.05) is 13.3 Å². The van der Waals surface area contributed by atoms with Gasteiger partial charge < -0.3 is 10.1 Å². The molecule has 0 amide bonds. The second-order valence-corrected chi connectivity index (χ2v) is 5.49. The molecule has 0 heterocycles. The van der Waals surface area contributed by atoms with E-state index < -0.39 is 0 Å². The van der Waals surface area contributed by atoms with Crippen LogP contribution in [-0.4, -0.2) is 20.2 Å². The van der Waals surface area contributed by atoms with Crippen LogP contribution in [0.1, 0.15) is 38.2 Å². The number of ether oxygens (including phenoxy) is 1. The number of rotatable bonds is 9. The summed E-state index contributed by atoms with van der Waals surface area (Å²) in [5.74, 6) is 0.370. The molecule has 1 aromatic rings. The summed E-state index contributed by atoms with van der Waals surface area (Å²) >= 11 is 3.22. The van der Waals surface area contributed by atoms with E-state index in [1.54, 1.807) is 7.11 Å². The van der Waals surface area contributed by atoms with Gasteiger partial charge in [0.1, 0.15) is 11.6 Å². The van der Waals surface area contributed by atoms with Crippen LogP contribution >= 0.6 is 15.9 Å². The number of methoxy groups -OCH3 is 1. The summed E-state index contributed by atoms with van der Waals surface area (Å²) in [6, 6.07) is 3.27. The van der Waals surface area contributed by atoms with Crippen LogP contribution in [0.5, 0.6) is 5.75 Å². The lowest BCUT2D eigenvalue weighted by molar-refractivity contribution is 0.404. The average Bonchev–Trinajstić information content (AvgIpc) is 2.41. The Morgan fingerprint density at radius 3 is 2.68 bits per heavy atom. The zero-order chi connectivity index (χ0) is 14.1. The molecule has 0 saturated heterocycles. The van der Waals surface area contributed by atoms with Crippen LogP contribution in [0.4, 0.5) is 4.39 Å². The normalized spacial score (nSPS) is 10.7. The molecule has 0 aromatic heterocycles. The largest absolute Gasteiger partial charge is 0.496 e. The molecule has 0 unspecified atom stereocenters. The Hall–Kier alpha value is -0.610. The Morgan fingerprint density at radius 2 is 2.00 bits per heavy atom. The van der Waals surface area contributed by atoms with Crippen molar-refractivity contribution in [2.45, 2.75) is 39.0 Å². The molecule has 0 saturated carbocycles. The molecule has 0 aliphatic heterocycles. The Kier molecular flexibility index (Phi) is 8.07. The molecule has 0 aliphatic rings. The van der Waals surface area contributed by atoms with E-state index in [1.807, 2.05) is 6.07 Å².